The minimum atomic E-state index is -1.08. The number of hydrogen-bond acceptors (Lipinski definition) is 4. The van der Waals surface area contributed by atoms with Crippen LogP contribution in [-0.4, -0.2) is 35.9 Å². The fraction of sp³-hybridized carbons (Fsp3) is 0.417. The van der Waals surface area contributed by atoms with E-state index in [9.17, 15) is 14.7 Å². The number of ketones is 1. The highest BCUT2D eigenvalue weighted by molar-refractivity contribution is 6.02. The van der Waals surface area contributed by atoms with Gasteiger partial charge in [-0.15, -0.1) is 0 Å². The highest BCUT2D eigenvalue weighted by Crippen LogP contribution is 2.44. The lowest BCUT2D eigenvalue weighted by atomic mass is 9.63. The Bertz CT molecular complexity index is 474. The molecule has 0 atom stereocenters. The van der Waals surface area contributed by atoms with E-state index in [4.69, 9.17) is 0 Å². The number of pyridine rings is 1. The molecule has 0 unspecified atom stereocenters. The van der Waals surface area contributed by atoms with Gasteiger partial charge in [-0.2, -0.15) is 0 Å². The zero-order chi connectivity index (χ0) is 12.6. The highest BCUT2D eigenvalue weighted by atomic mass is 16.4. The Labute approximate surface area is 99.1 Å². The van der Waals surface area contributed by atoms with Crippen molar-refractivity contribution < 1.29 is 14.7 Å². The lowest BCUT2D eigenvalue weighted by Gasteiger charge is -2.38. The van der Waals surface area contributed by atoms with Crippen LogP contribution in [0.2, 0.25) is 0 Å². The number of carboxylic acid groups (broad SMARTS) is 1. The lowest BCUT2D eigenvalue weighted by Crippen LogP contribution is -2.49. The molecule has 1 aromatic heterocycles. The van der Waals surface area contributed by atoms with Gasteiger partial charge in [-0.25, -0.2) is 4.98 Å². The average molecular weight is 234 g/mol. The Morgan fingerprint density at radius 2 is 2.12 bits per heavy atom. The number of Topliss-reactive ketones (excluding diaryl/α,β-unsaturated/α-hetero) is 1. The fourth-order valence-electron chi connectivity index (χ4n) is 2.21. The van der Waals surface area contributed by atoms with Crippen molar-refractivity contribution in [3.8, 4) is 0 Å². The topological polar surface area (TPSA) is 70.5 Å². The molecule has 5 nitrogen and oxygen atoms in total. The fourth-order valence-corrected chi connectivity index (χ4v) is 2.21. The molecule has 17 heavy (non-hydrogen) atoms. The molecule has 1 aliphatic rings. The molecule has 1 saturated carbocycles. The molecule has 0 radical (unpaired) electrons. The minimum absolute atomic E-state index is 0.0130. The highest BCUT2D eigenvalue weighted by Gasteiger charge is 2.53. The van der Waals surface area contributed by atoms with Crippen LogP contribution in [0.1, 0.15) is 18.4 Å². The number of carboxylic acids is 1. The Morgan fingerprint density at radius 1 is 1.47 bits per heavy atom. The lowest BCUT2D eigenvalue weighted by molar-refractivity contribution is -0.153. The molecule has 0 amide bonds. The molecule has 1 heterocycles. The Morgan fingerprint density at radius 3 is 2.59 bits per heavy atom. The SMILES string of the molecule is CN(C)c1ncccc1C1(C(=O)O)CC(=O)C1. The van der Waals surface area contributed by atoms with Gasteiger partial charge in [0.25, 0.3) is 0 Å². The van der Waals surface area contributed by atoms with E-state index in [0.29, 0.717) is 11.4 Å². The molecule has 2 rings (SSSR count). The van der Waals surface area contributed by atoms with E-state index in [2.05, 4.69) is 4.98 Å². The van der Waals surface area contributed by atoms with Crippen molar-refractivity contribution in [2.24, 2.45) is 0 Å². The first kappa shape index (κ1) is 11.6. The predicted molar refractivity (Wildman–Crippen MR) is 62.1 cm³/mol. The second kappa shape index (κ2) is 3.84. The van der Waals surface area contributed by atoms with Crippen molar-refractivity contribution in [1.29, 1.82) is 0 Å². The summed E-state index contributed by atoms with van der Waals surface area (Å²) in [5, 5.41) is 9.36. The van der Waals surface area contributed by atoms with Gasteiger partial charge in [-0.3, -0.25) is 9.59 Å². The van der Waals surface area contributed by atoms with Gasteiger partial charge in [0.1, 0.15) is 17.0 Å². The summed E-state index contributed by atoms with van der Waals surface area (Å²) in [4.78, 5) is 28.6. The van der Waals surface area contributed by atoms with Gasteiger partial charge >= 0.3 is 5.97 Å². The van der Waals surface area contributed by atoms with Gasteiger partial charge in [0.2, 0.25) is 0 Å². The summed E-state index contributed by atoms with van der Waals surface area (Å²) in [5.41, 5.74) is -0.456. The third-order valence-electron chi connectivity index (χ3n) is 3.13. The van der Waals surface area contributed by atoms with Crippen LogP contribution in [0.4, 0.5) is 5.82 Å². The van der Waals surface area contributed by atoms with Crippen LogP contribution in [-0.2, 0) is 15.0 Å². The number of anilines is 1. The van der Waals surface area contributed by atoms with Crippen LogP contribution in [0.5, 0.6) is 0 Å². The second-order valence-electron chi connectivity index (χ2n) is 4.55. The van der Waals surface area contributed by atoms with Crippen molar-refractivity contribution in [3.05, 3.63) is 23.9 Å². The van der Waals surface area contributed by atoms with Crippen molar-refractivity contribution >= 4 is 17.6 Å². The van der Waals surface area contributed by atoms with Crippen LogP contribution >= 0.6 is 0 Å². The summed E-state index contributed by atoms with van der Waals surface area (Å²) in [5.74, 6) is -0.350. The molecule has 0 aromatic carbocycles. The molecule has 90 valence electrons. The molecule has 0 saturated heterocycles. The summed E-state index contributed by atoms with van der Waals surface area (Å²) < 4.78 is 0. The molecule has 1 aromatic rings. The monoisotopic (exact) mass is 234 g/mol. The number of carbonyl (C=O) groups excluding carboxylic acids is 1. The van der Waals surface area contributed by atoms with E-state index >= 15 is 0 Å². The summed E-state index contributed by atoms with van der Waals surface area (Å²) in [6.07, 6.45) is 1.75. The Kier molecular flexibility index (Phi) is 2.61. The zero-order valence-electron chi connectivity index (χ0n) is 9.80. The van der Waals surface area contributed by atoms with Crippen LogP contribution in [0.25, 0.3) is 0 Å². The number of aromatic nitrogens is 1. The number of rotatable bonds is 3. The summed E-state index contributed by atoms with van der Waals surface area (Å²) >= 11 is 0. The maximum Gasteiger partial charge on any atom is 0.315 e. The van der Waals surface area contributed by atoms with Crippen LogP contribution in [0, 0.1) is 0 Å². The maximum absolute atomic E-state index is 11.4. The summed E-state index contributed by atoms with van der Waals surface area (Å²) in [7, 11) is 3.61. The van der Waals surface area contributed by atoms with Crippen molar-refractivity contribution in [3.63, 3.8) is 0 Å². The Hall–Kier alpha value is -1.91. The first-order valence-corrected chi connectivity index (χ1v) is 5.35. The summed E-state index contributed by atoms with van der Waals surface area (Å²) in [6.45, 7) is 0. The quantitative estimate of drug-likeness (QED) is 0.838. The molecular weight excluding hydrogens is 220 g/mol. The third-order valence-corrected chi connectivity index (χ3v) is 3.13. The molecule has 1 aliphatic carbocycles. The smallest absolute Gasteiger partial charge is 0.315 e. The van der Waals surface area contributed by atoms with Crippen LogP contribution in [0.15, 0.2) is 18.3 Å². The van der Waals surface area contributed by atoms with Gasteiger partial charge < -0.3 is 10.0 Å². The standard InChI is InChI=1S/C12H14N2O3/c1-14(2)10-9(4-3-5-13-10)12(11(16)17)6-8(15)7-12/h3-5H,6-7H2,1-2H3,(H,16,17). The maximum atomic E-state index is 11.4. The largest absolute Gasteiger partial charge is 0.481 e. The van der Waals surface area contributed by atoms with Crippen LogP contribution < -0.4 is 4.90 Å². The van der Waals surface area contributed by atoms with E-state index in [1.54, 1.807) is 23.2 Å². The van der Waals surface area contributed by atoms with Gasteiger partial charge in [-0.05, 0) is 6.07 Å². The molecule has 5 heteroatoms. The predicted octanol–water partition coefficient (Wildman–Crippen LogP) is 0.833. The second-order valence-corrected chi connectivity index (χ2v) is 4.55. The molecule has 1 fully saturated rings. The number of carbonyl (C=O) groups is 2. The van der Waals surface area contributed by atoms with E-state index in [1.807, 2.05) is 14.1 Å². The number of nitrogens with zero attached hydrogens (tertiary/aromatic N) is 2. The molecule has 1 N–H and O–H groups in total. The normalized spacial score (nSPS) is 17.4. The van der Waals surface area contributed by atoms with Gasteiger partial charge in [0.15, 0.2) is 0 Å². The third kappa shape index (κ3) is 1.67. The molecule has 0 aliphatic heterocycles. The van der Waals surface area contributed by atoms with E-state index in [-0.39, 0.29) is 18.6 Å². The molecule has 0 bridgehead atoms. The van der Waals surface area contributed by atoms with Crippen molar-refractivity contribution in [1.82, 2.24) is 4.98 Å². The van der Waals surface area contributed by atoms with Gasteiger partial charge in [0, 0.05) is 38.7 Å². The van der Waals surface area contributed by atoms with E-state index in [1.165, 1.54) is 0 Å². The van der Waals surface area contributed by atoms with Crippen molar-refractivity contribution in [2.75, 3.05) is 19.0 Å². The number of hydrogen-bond donors (Lipinski definition) is 1. The molecular formula is C12H14N2O3. The first-order valence-electron chi connectivity index (χ1n) is 5.35. The summed E-state index contributed by atoms with van der Waals surface area (Å²) in [6, 6.07) is 3.44. The average Bonchev–Trinajstić information content (AvgIpc) is 2.24. The van der Waals surface area contributed by atoms with Gasteiger partial charge in [0.05, 0.1) is 0 Å². The minimum Gasteiger partial charge on any atom is -0.481 e. The first-order chi connectivity index (χ1) is 7.97. The van der Waals surface area contributed by atoms with Gasteiger partial charge in [-0.1, -0.05) is 6.07 Å². The zero-order valence-corrected chi connectivity index (χ0v) is 9.80. The Balaban J connectivity index is 2.52. The number of aliphatic carboxylic acids is 1. The van der Waals surface area contributed by atoms with Crippen LogP contribution in [0.3, 0.4) is 0 Å². The van der Waals surface area contributed by atoms with E-state index in [0.717, 1.165) is 0 Å². The van der Waals surface area contributed by atoms with E-state index < -0.39 is 11.4 Å². The molecule has 0 spiro atoms. The van der Waals surface area contributed by atoms with Crippen molar-refractivity contribution in [2.45, 2.75) is 18.3 Å².